The predicted octanol–water partition coefficient (Wildman–Crippen LogP) is 2.53. The number of nitrogens with two attached hydrogens (primary N) is 1. The summed E-state index contributed by atoms with van der Waals surface area (Å²) in [7, 11) is 0. The average Bonchev–Trinajstić information content (AvgIpc) is 2.93. The third-order valence-corrected chi connectivity index (χ3v) is 4.21. The van der Waals surface area contributed by atoms with Crippen molar-refractivity contribution >= 4 is 0 Å². The van der Waals surface area contributed by atoms with Gasteiger partial charge in [-0.25, -0.2) is 0 Å². The fourth-order valence-electron chi connectivity index (χ4n) is 2.89. The highest BCUT2D eigenvalue weighted by molar-refractivity contribution is 5.03. The van der Waals surface area contributed by atoms with Crippen molar-refractivity contribution in [3.8, 4) is 0 Å². The van der Waals surface area contributed by atoms with Crippen LogP contribution < -0.4 is 5.73 Å². The van der Waals surface area contributed by atoms with E-state index in [0.29, 0.717) is 0 Å². The lowest BCUT2D eigenvalue weighted by Gasteiger charge is -2.35. The van der Waals surface area contributed by atoms with Crippen LogP contribution in [-0.4, -0.2) is 35.7 Å². The summed E-state index contributed by atoms with van der Waals surface area (Å²) in [6.45, 7) is 3.30. The minimum Gasteiger partial charge on any atom is -0.326 e. The molecule has 17 heavy (non-hydrogen) atoms. The van der Waals surface area contributed by atoms with Crippen LogP contribution in [0, 0.1) is 5.41 Å². The zero-order chi connectivity index (χ0) is 12.8. The Hall–Kier alpha value is -0.290. The van der Waals surface area contributed by atoms with Crippen molar-refractivity contribution in [2.24, 2.45) is 11.1 Å². The largest absolute Gasteiger partial charge is 0.401 e. The average molecular weight is 250 g/mol. The molecule has 2 rings (SSSR count). The van der Waals surface area contributed by atoms with Crippen molar-refractivity contribution < 1.29 is 13.2 Å². The van der Waals surface area contributed by atoms with Crippen molar-refractivity contribution in [3.63, 3.8) is 0 Å². The van der Waals surface area contributed by atoms with Gasteiger partial charge in [0.2, 0.25) is 0 Å². The normalized spacial score (nSPS) is 33.4. The van der Waals surface area contributed by atoms with Crippen LogP contribution in [0.15, 0.2) is 0 Å². The molecule has 2 unspecified atom stereocenters. The molecule has 5 heteroatoms. The molecule has 0 amide bonds. The Morgan fingerprint density at radius 2 is 1.82 bits per heavy atom. The molecule has 0 aromatic carbocycles. The highest BCUT2D eigenvalue weighted by Crippen LogP contribution is 2.42. The van der Waals surface area contributed by atoms with Gasteiger partial charge in [0.15, 0.2) is 0 Å². The molecule has 2 aliphatic rings. The second-order valence-electron chi connectivity index (χ2n) is 6.14. The third kappa shape index (κ3) is 2.94. The van der Waals surface area contributed by atoms with E-state index in [0.717, 1.165) is 25.7 Å². The highest BCUT2D eigenvalue weighted by atomic mass is 19.4. The molecule has 2 saturated carbocycles. The fourth-order valence-corrected chi connectivity index (χ4v) is 2.89. The van der Waals surface area contributed by atoms with E-state index in [-0.39, 0.29) is 23.5 Å². The Morgan fingerprint density at radius 1 is 1.24 bits per heavy atom. The summed E-state index contributed by atoms with van der Waals surface area (Å²) in [5, 5.41) is 0. The lowest BCUT2D eigenvalue weighted by molar-refractivity contribution is -0.153. The van der Waals surface area contributed by atoms with Gasteiger partial charge in [0, 0.05) is 18.1 Å². The van der Waals surface area contributed by atoms with Gasteiger partial charge in [0.05, 0.1) is 6.54 Å². The summed E-state index contributed by atoms with van der Waals surface area (Å²) in [6, 6.07) is -0.133. The van der Waals surface area contributed by atoms with Crippen LogP contribution >= 0.6 is 0 Å². The molecule has 0 bridgehead atoms. The number of nitrogens with zero attached hydrogens (tertiary/aromatic N) is 1. The van der Waals surface area contributed by atoms with Gasteiger partial charge in [-0.15, -0.1) is 0 Å². The van der Waals surface area contributed by atoms with E-state index in [4.69, 9.17) is 5.73 Å². The molecule has 2 nitrogen and oxygen atoms in total. The lowest BCUT2D eigenvalue weighted by Crippen LogP contribution is -2.52. The first kappa shape index (κ1) is 13.1. The summed E-state index contributed by atoms with van der Waals surface area (Å²) in [5.41, 5.74) is 6.09. The van der Waals surface area contributed by atoms with Gasteiger partial charge in [-0.3, -0.25) is 4.90 Å². The Bertz CT molecular complexity index is 284. The molecule has 0 saturated heterocycles. The standard InChI is InChI=1S/C12H21F3N2/c1-11(2)6-5-9(10(11)16)17(8-3-4-8)7-12(13,14)15/h8-10H,3-7,16H2,1-2H3. The van der Waals surface area contributed by atoms with Crippen LogP contribution in [0.1, 0.15) is 39.5 Å². The van der Waals surface area contributed by atoms with E-state index in [1.165, 1.54) is 0 Å². The topological polar surface area (TPSA) is 29.3 Å². The van der Waals surface area contributed by atoms with E-state index in [2.05, 4.69) is 13.8 Å². The first-order valence-electron chi connectivity index (χ1n) is 6.29. The number of rotatable bonds is 3. The van der Waals surface area contributed by atoms with Crippen molar-refractivity contribution in [2.75, 3.05) is 6.54 Å². The second-order valence-corrected chi connectivity index (χ2v) is 6.14. The first-order chi connectivity index (χ1) is 7.71. The van der Waals surface area contributed by atoms with Gasteiger partial charge >= 0.3 is 6.18 Å². The van der Waals surface area contributed by atoms with Crippen LogP contribution in [0.3, 0.4) is 0 Å². The zero-order valence-electron chi connectivity index (χ0n) is 10.4. The predicted molar refractivity (Wildman–Crippen MR) is 60.6 cm³/mol. The Labute approximate surface area is 100 Å². The van der Waals surface area contributed by atoms with E-state index < -0.39 is 12.7 Å². The van der Waals surface area contributed by atoms with Gasteiger partial charge in [-0.05, 0) is 31.1 Å². The van der Waals surface area contributed by atoms with Gasteiger partial charge in [-0.1, -0.05) is 13.8 Å². The lowest BCUT2D eigenvalue weighted by atomic mass is 9.87. The molecule has 2 fully saturated rings. The molecule has 2 aliphatic carbocycles. The minimum absolute atomic E-state index is 0.0383. The number of halogens is 3. The summed E-state index contributed by atoms with van der Waals surface area (Å²) < 4.78 is 37.8. The Balaban J connectivity index is 2.07. The minimum atomic E-state index is -4.12. The Kier molecular flexibility index (Phi) is 3.19. The van der Waals surface area contributed by atoms with E-state index in [9.17, 15) is 13.2 Å². The van der Waals surface area contributed by atoms with Crippen LogP contribution in [-0.2, 0) is 0 Å². The van der Waals surface area contributed by atoms with E-state index >= 15 is 0 Å². The maximum atomic E-state index is 12.6. The molecular weight excluding hydrogens is 229 g/mol. The Morgan fingerprint density at radius 3 is 2.18 bits per heavy atom. The number of hydrogen-bond acceptors (Lipinski definition) is 2. The molecule has 2 N–H and O–H groups in total. The summed E-state index contributed by atoms with van der Waals surface area (Å²) in [5.74, 6) is 0. The van der Waals surface area contributed by atoms with Gasteiger partial charge in [0.1, 0.15) is 0 Å². The van der Waals surface area contributed by atoms with Crippen LogP contribution in [0.5, 0.6) is 0 Å². The fraction of sp³-hybridized carbons (Fsp3) is 1.00. The second kappa shape index (κ2) is 4.12. The smallest absolute Gasteiger partial charge is 0.326 e. The van der Waals surface area contributed by atoms with Gasteiger partial charge in [-0.2, -0.15) is 13.2 Å². The van der Waals surface area contributed by atoms with Crippen molar-refractivity contribution in [1.82, 2.24) is 4.90 Å². The van der Waals surface area contributed by atoms with E-state index in [1.807, 2.05) is 0 Å². The summed E-state index contributed by atoms with van der Waals surface area (Å²) >= 11 is 0. The van der Waals surface area contributed by atoms with Crippen molar-refractivity contribution in [2.45, 2.75) is 63.8 Å². The zero-order valence-corrected chi connectivity index (χ0v) is 10.4. The quantitative estimate of drug-likeness (QED) is 0.834. The highest BCUT2D eigenvalue weighted by Gasteiger charge is 2.48. The molecule has 0 aromatic rings. The van der Waals surface area contributed by atoms with Crippen LogP contribution in [0.25, 0.3) is 0 Å². The summed E-state index contributed by atoms with van der Waals surface area (Å²) in [4.78, 5) is 1.61. The number of hydrogen-bond donors (Lipinski definition) is 1. The molecule has 0 aliphatic heterocycles. The first-order valence-corrected chi connectivity index (χ1v) is 6.29. The van der Waals surface area contributed by atoms with Gasteiger partial charge in [0.25, 0.3) is 0 Å². The van der Waals surface area contributed by atoms with Gasteiger partial charge < -0.3 is 5.73 Å². The van der Waals surface area contributed by atoms with E-state index in [1.54, 1.807) is 4.90 Å². The monoisotopic (exact) mass is 250 g/mol. The van der Waals surface area contributed by atoms with Crippen LogP contribution in [0.4, 0.5) is 13.2 Å². The molecule has 2 atom stereocenters. The number of alkyl halides is 3. The molecular formula is C12H21F3N2. The van der Waals surface area contributed by atoms with Crippen molar-refractivity contribution in [1.29, 1.82) is 0 Å². The molecule has 0 spiro atoms. The molecule has 0 radical (unpaired) electrons. The van der Waals surface area contributed by atoms with Crippen LogP contribution in [0.2, 0.25) is 0 Å². The summed E-state index contributed by atoms with van der Waals surface area (Å²) in [6.07, 6.45) is -0.630. The maximum absolute atomic E-state index is 12.6. The third-order valence-electron chi connectivity index (χ3n) is 4.21. The SMILES string of the molecule is CC1(C)CCC(N(CC(F)(F)F)C2CC2)C1N. The molecule has 0 aromatic heterocycles. The maximum Gasteiger partial charge on any atom is 0.401 e. The molecule has 0 heterocycles. The van der Waals surface area contributed by atoms with Crippen molar-refractivity contribution in [3.05, 3.63) is 0 Å². The molecule has 100 valence electrons.